The summed E-state index contributed by atoms with van der Waals surface area (Å²) in [5.41, 5.74) is 11.8. The molecule has 0 aliphatic rings. The molecule has 270 valence electrons. The summed E-state index contributed by atoms with van der Waals surface area (Å²) in [6, 6.07) is 73.8. The lowest BCUT2D eigenvalue weighted by Crippen LogP contribution is -1.99. The first-order chi connectivity index (χ1) is 28.7. The minimum absolute atomic E-state index is 0.689. The molecule has 3 aromatic heterocycles. The predicted molar refractivity (Wildman–Crippen MR) is 242 cm³/mol. The molecule has 4 nitrogen and oxygen atoms in total. The molecule has 0 aliphatic carbocycles. The van der Waals surface area contributed by atoms with E-state index in [0.29, 0.717) is 5.82 Å². The van der Waals surface area contributed by atoms with E-state index in [2.05, 4.69) is 215 Å². The summed E-state index contributed by atoms with van der Waals surface area (Å²) in [6.45, 7) is 0. The van der Waals surface area contributed by atoms with Gasteiger partial charge in [-0.25, -0.2) is 9.97 Å². The third-order valence-corrected chi connectivity index (χ3v) is 11.7. The van der Waals surface area contributed by atoms with E-state index in [1.807, 2.05) is 0 Å². The molecule has 4 heteroatoms. The molecule has 0 radical (unpaired) electrons. The monoisotopic (exact) mass is 738 g/mol. The summed E-state index contributed by atoms with van der Waals surface area (Å²) in [5.74, 6) is 0.689. The maximum atomic E-state index is 5.25. The molecule has 0 aliphatic heterocycles. The molecular weight excluding hydrogens is 705 g/mol. The number of hydrogen-bond acceptors (Lipinski definition) is 2. The van der Waals surface area contributed by atoms with E-state index in [4.69, 9.17) is 9.97 Å². The number of rotatable bonds is 5. The van der Waals surface area contributed by atoms with Crippen LogP contribution in [-0.2, 0) is 0 Å². The number of nitrogens with zero attached hydrogens (tertiary/aromatic N) is 4. The van der Waals surface area contributed by atoms with Gasteiger partial charge in [-0.15, -0.1) is 0 Å². The van der Waals surface area contributed by atoms with E-state index >= 15 is 0 Å². The second-order valence-corrected chi connectivity index (χ2v) is 15.0. The van der Waals surface area contributed by atoms with Crippen LogP contribution in [0.5, 0.6) is 0 Å². The quantitative estimate of drug-likeness (QED) is 0.176. The summed E-state index contributed by atoms with van der Waals surface area (Å²) in [5, 5.41) is 9.69. The molecule has 0 saturated carbocycles. The highest BCUT2D eigenvalue weighted by Gasteiger charge is 2.21. The Kier molecular flexibility index (Phi) is 7.20. The minimum Gasteiger partial charge on any atom is -0.307 e. The van der Waals surface area contributed by atoms with Crippen molar-refractivity contribution in [2.24, 2.45) is 0 Å². The van der Waals surface area contributed by atoms with Crippen molar-refractivity contribution in [3.05, 3.63) is 206 Å². The highest BCUT2D eigenvalue weighted by atomic mass is 15.0. The Labute approximate surface area is 334 Å². The van der Waals surface area contributed by atoms with Crippen LogP contribution in [0, 0.1) is 0 Å². The lowest BCUT2D eigenvalue weighted by atomic mass is 10.0. The van der Waals surface area contributed by atoms with Crippen molar-refractivity contribution in [1.29, 1.82) is 0 Å². The Morgan fingerprint density at radius 1 is 0.293 bits per heavy atom. The van der Waals surface area contributed by atoms with E-state index in [1.165, 1.54) is 59.6 Å². The lowest BCUT2D eigenvalue weighted by molar-refractivity contribution is 1.14. The summed E-state index contributed by atoms with van der Waals surface area (Å²) in [7, 11) is 0. The molecule has 0 fully saturated rings. The van der Waals surface area contributed by atoms with Gasteiger partial charge in [0.15, 0.2) is 5.82 Å². The molecule has 9 aromatic carbocycles. The first-order valence-electron chi connectivity index (χ1n) is 19.7. The van der Waals surface area contributed by atoms with Crippen LogP contribution in [0.4, 0.5) is 0 Å². The normalized spacial score (nSPS) is 11.8. The predicted octanol–water partition coefficient (Wildman–Crippen LogP) is 14.0. The minimum atomic E-state index is 0.689. The molecule has 12 rings (SSSR count). The van der Waals surface area contributed by atoms with E-state index in [1.54, 1.807) is 0 Å². The lowest BCUT2D eigenvalue weighted by Gasteiger charge is -2.13. The van der Waals surface area contributed by atoms with Gasteiger partial charge in [-0.05, 0) is 88.3 Å². The first kappa shape index (κ1) is 32.4. The topological polar surface area (TPSA) is 35.6 Å². The molecule has 3 heterocycles. The zero-order chi connectivity index (χ0) is 38.2. The van der Waals surface area contributed by atoms with Gasteiger partial charge in [0.1, 0.15) is 0 Å². The van der Waals surface area contributed by atoms with Crippen LogP contribution in [0.25, 0.3) is 110 Å². The second-order valence-electron chi connectivity index (χ2n) is 15.0. The smallest absolute Gasteiger partial charge is 0.160 e. The molecule has 12 aromatic rings. The Morgan fingerprint density at radius 2 is 0.724 bits per heavy atom. The average molecular weight is 739 g/mol. The van der Waals surface area contributed by atoms with Gasteiger partial charge in [-0.2, -0.15) is 0 Å². The fraction of sp³-hybridized carbons (Fsp3) is 0. The molecule has 0 amide bonds. The molecule has 0 saturated heterocycles. The van der Waals surface area contributed by atoms with E-state index < -0.39 is 0 Å². The molecule has 0 bridgehead atoms. The van der Waals surface area contributed by atoms with Crippen molar-refractivity contribution >= 4 is 65.2 Å². The fourth-order valence-corrected chi connectivity index (χ4v) is 8.94. The van der Waals surface area contributed by atoms with Crippen molar-refractivity contribution in [3.8, 4) is 45.3 Å². The fourth-order valence-electron chi connectivity index (χ4n) is 8.94. The van der Waals surface area contributed by atoms with Crippen molar-refractivity contribution in [2.75, 3.05) is 0 Å². The van der Waals surface area contributed by atoms with Crippen LogP contribution in [0.1, 0.15) is 0 Å². The summed E-state index contributed by atoms with van der Waals surface area (Å²) in [4.78, 5) is 10.5. The van der Waals surface area contributed by atoms with Gasteiger partial charge in [-0.3, -0.25) is 0 Å². The van der Waals surface area contributed by atoms with Gasteiger partial charge in [-0.1, -0.05) is 140 Å². The van der Waals surface area contributed by atoms with Crippen LogP contribution in [-0.4, -0.2) is 19.1 Å². The third kappa shape index (κ3) is 5.09. The van der Waals surface area contributed by atoms with Gasteiger partial charge < -0.3 is 9.13 Å². The average Bonchev–Trinajstić information content (AvgIpc) is 3.82. The number of hydrogen-bond donors (Lipinski definition) is 0. The third-order valence-electron chi connectivity index (χ3n) is 11.7. The number of para-hydroxylation sites is 3. The van der Waals surface area contributed by atoms with Crippen molar-refractivity contribution in [2.45, 2.75) is 0 Å². The zero-order valence-corrected chi connectivity index (χ0v) is 31.4. The number of benzene rings is 9. The molecule has 0 spiro atoms. The van der Waals surface area contributed by atoms with Crippen LogP contribution in [0.3, 0.4) is 0 Å². The number of fused-ring (bicyclic) bond motifs is 9. The number of aromatic nitrogens is 4. The van der Waals surface area contributed by atoms with Crippen molar-refractivity contribution in [3.63, 3.8) is 0 Å². The summed E-state index contributed by atoms with van der Waals surface area (Å²) < 4.78 is 4.86. The zero-order valence-electron chi connectivity index (χ0n) is 31.4. The van der Waals surface area contributed by atoms with Crippen LogP contribution < -0.4 is 0 Å². The second kappa shape index (κ2) is 12.9. The maximum absolute atomic E-state index is 5.25. The summed E-state index contributed by atoms with van der Waals surface area (Å²) >= 11 is 0. The summed E-state index contributed by atoms with van der Waals surface area (Å²) in [6.07, 6.45) is 0. The van der Waals surface area contributed by atoms with Gasteiger partial charge in [0.05, 0.1) is 33.5 Å². The SMILES string of the molecule is c1ccc(-n2c3ccccc3c3ccc4c5ccccc5n(-c5ccc(-c6nc(-c7ccc8ccccc8c7)cc(-c7ccc8ccccc8c7)n6)cc5)c4c32)cc1. The van der Waals surface area contributed by atoms with E-state index in [9.17, 15) is 0 Å². The Hall–Kier alpha value is -7.82. The van der Waals surface area contributed by atoms with Gasteiger partial charge in [0, 0.05) is 49.6 Å². The van der Waals surface area contributed by atoms with Crippen LogP contribution >= 0.6 is 0 Å². The molecule has 0 N–H and O–H groups in total. The standard InChI is InChI=1S/C54H34N4/c1-2-16-42(17-3-1)57-50-20-10-8-18-44(50)46-30-31-47-45-19-9-11-21-51(45)58(53(47)52(46)57)43-28-26-37(27-29-43)54-55-48(40-24-22-35-12-4-6-14-38(35)32-40)34-49(56-54)41-25-23-36-13-5-7-15-39(36)33-41/h1-34H. The van der Waals surface area contributed by atoms with Gasteiger partial charge >= 0.3 is 0 Å². The molecular formula is C54H34N4. The highest BCUT2D eigenvalue weighted by molar-refractivity contribution is 6.23. The van der Waals surface area contributed by atoms with E-state index in [0.717, 1.165) is 45.0 Å². The van der Waals surface area contributed by atoms with Crippen molar-refractivity contribution in [1.82, 2.24) is 19.1 Å². The maximum Gasteiger partial charge on any atom is 0.160 e. The van der Waals surface area contributed by atoms with Crippen molar-refractivity contribution < 1.29 is 0 Å². The highest BCUT2D eigenvalue weighted by Crippen LogP contribution is 2.42. The Balaban J connectivity index is 1.06. The van der Waals surface area contributed by atoms with Gasteiger partial charge in [0.25, 0.3) is 0 Å². The Morgan fingerprint density at radius 3 is 1.26 bits per heavy atom. The Bertz CT molecular complexity index is 3460. The van der Waals surface area contributed by atoms with E-state index in [-0.39, 0.29) is 0 Å². The first-order valence-corrected chi connectivity index (χ1v) is 19.7. The molecule has 0 unspecified atom stereocenters. The van der Waals surface area contributed by atoms with Crippen LogP contribution in [0.2, 0.25) is 0 Å². The largest absolute Gasteiger partial charge is 0.307 e. The van der Waals surface area contributed by atoms with Crippen LogP contribution in [0.15, 0.2) is 206 Å². The molecule has 58 heavy (non-hydrogen) atoms. The van der Waals surface area contributed by atoms with Gasteiger partial charge in [0.2, 0.25) is 0 Å². The molecule has 0 atom stereocenters.